The molecule has 0 saturated carbocycles. The number of rotatable bonds is 5. The summed E-state index contributed by atoms with van der Waals surface area (Å²) < 4.78 is 0. The first-order chi connectivity index (χ1) is 8.76. The zero-order valence-corrected chi connectivity index (χ0v) is 11.2. The lowest BCUT2D eigenvalue weighted by molar-refractivity contribution is 0.855. The van der Waals surface area contributed by atoms with Crippen LogP contribution in [0.5, 0.6) is 0 Å². The van der Waals surface area contributed by atoms with Crippen molar-refractivity contribution >= 4 is 5.96 Å². The number of hydrogen-bond donors (Lipinski definition) is 2. The second kappa shape index (κ2) is 8.19. The van der Waals surface area contributed by atoms with Crippen molar-refractivity contribution < 1.29 is 0 Å². The summed E-state index contributed by atoms with van der Waals surface area (Å²) in [6, 6.07) is 8.50. The van der Waals surface area contributed by atoms with Crippen molar-refractivity contribution in [2.75, 3.05) is 19.6 Å². The predicted octanol–water partition coefficient (Wildman–Crippen LogP) is 1.73. The minimum Gasteiger partial charge on any atom is -0.357 e. The molecule has 0 spiro atoms. The fourth-order valence-electron chi connectivity index (χ4n) is 1.64. The lowest BCUT2D eigenvalue weighted by atomic mass is 10.1. The molecule has 0 atom stereocenters. The maximum Gasteiger partial charge on any atom is 0.192 e. The number of nitrogens with one attached hydrogen (secondary N) is 2. The van der Waals surface area contributed by atoms with E-state index in [1.165, 1.54) is 11.1 Å². The van der Waals surface area contributed by atoms with Gasteiger partial charge in [0.2, 0.25) is 0 Å². The Bertz CT molecular complexity index is 430. The average molecular weight is 243 g/mol. The monoisotopic (exact) mass is 243 g/mol. The van der Waals surface area contributed by atoms with Gasteiger partial charge in [0, 0.05) is 13.1 Å². The molecule has 0 saturated heterocycles. The molecule has 1 aromatic rings. The highest BCUT2D eigenvalue weighted by molar-refractivity contribution is 5.79. The van der Waals surface area contributed by atoms with E-state index in [4.69, 9.17) is 6.42 Å². The molecule has 0 unspecified atom stereocenters. The summed E-state index contributed by atoms with van der Waals surface area (Å²) in [5.74, 6) is 3.32. The van der Waals surface area contributed by atoms with Gasteiger partial charge in [0.05, 0.1) is 6.54 Å². The molecule has 0 aliphatic carbocycles. The highest BCUT2D eigenvalue weighted by Gasteiger charge is 1.96. The molecule has 0 radical (unpaired) electrons. The van der Waals surface area contributed by atoms with Crippen LogP contribution in [-0.4, -0.2) is 25.6 Å². The number of guanidine groups is 1. The summed E-state index contributed by atoms with van der Waals surface area (Å²) in [5, 5.41) is 6.23. The van der Waals surface area contributed by atoms with Gasteiger partial charge >= 0.3 is 0 Å². The fraction of sp³-hybridized carbons (Fsp3) is 0.400. The Kier molecular flexibility index (Phi) is 6.42. The zero-order chi connectivity index (χ0) is 13.2. The molecule has 1 rings (SSSR count). The Morgan fingerprint density at radius 3 is 2.89 bits per heavy atom. The molecule has 0 aliphatic rings. The van der Waals surface area contributed by atoms with Gasteiger partial charge in [-0.2, -0.15) is 0 Å². The van der Waals surface area contributed by atoms with Crippen LogP contribution in [0.15, 0.2) is 29.3 Å². The van der Waals surface area contributed by atoms with Gasteiger partial charge in [0.25, 0.3) is 0 Å². The molecule has 0 bridgehead atoms. The third-order valence-electron chi connectivity index (χ3n) is 2.45. The Labute approximate surface area is 110 Å². The van der Waals surface area contributed by atoms with E-state index < -0.39 is 0 Å². The Hall–Kier alpha value is -1.95. The summed E-state index contributed by atoms with van der Waals surface area (Å²) in [6.45, 7) is 6.22. The second-order valence-electron chi connectivity index (χ2n) is 4.06. The number of aryl methyl sites for hydroxylation is 1. The van der Waals surface area contributed by atoms with Crippen LogP contribution in [0.2, 0.25) is 0 Å². The van der Waals surface area contributed by atoms with Crippen LogP contribution in [-0.2, 0) is 6.42 Å². The van der Waals surface area contributed by atoms with Gasteiger partial charge in [-0.1, -0.05) is 35.7 Å². The van der Waals surface area contributed by atoms with Gasteiger partial charge in [-0.05, 0) is 25.8 Å². The normalized spacial score (nSPS) is 10.8. The minimum absolute atomic E-state index is 0.496. The molecule has 0 fully saturated rings. The van der Waals surface area contributed by atoms with E-state index in [2.05, 4.69) is 52.7 Å². The lowest BCUT2D eigenvalue weighted by Gasteiger charge is -2.08. The van der Waals surface area contributed by atoms with E-state index in [1.807, 2.05) is 6.92 Å². The Morgan fingerprint density at radius 2 is 2.22 bits per heavy atom. The SMILES string of the molecule is C#CCNC(=NCCc1cccc(C)c1)NCC. The van der Waals surface area contributed by atoms with Gasteiger partial charge in [-0.3, -0.25) is 4.99 Å². The van der Waals surface area contributed by atoms with Crippen molar-refractivity contribution in [2.24, 2.45) is 4.99 Å². The van der Waals surface area contributed by atoms with Gasteiger partial charge in [0.15, 0.2) is 5.96 Å². The third kappa shape index (κ3) is 5.40. The molecule has 96 valence electrons. The van der Waals surface area contributed by atoms with Crippen molar-refractivity contribution in [3.8, 4) is 12.3 Å². The number of terminal acetylenes is 1. The maximum absolute atomic E-state index is 5.21. The first-order valence-electron chi connectivity index (χ1n) is 6.27. The standard InChI is InChI=1S/C15H21N3/c1-4-10-17-15(16-5-2)18-11-9-14-8-6-7-13(3)12-14/h1,6-8,12H,5,9-11H2,2-3H3,(H2,16,17,18). The largest absolute Gasteiger partial charge is 0.357 e. The average Bonchev–Trinajstić information content (AvgIpc) is 2.36. The lowest BCUT2D eigenvalue weighted by Crippen LogP contribution is -2.37. The van der Waals surface area contributed by atoms with Gasteiger partial charge in [-0.25, -0.2) is 0 Å². The van der Waals surface area contributed by atoms with Crippen molar-refractivity contribution in [1.29, 1.82) is 0 Å². The van der Waals surface area contributed by atoms with Crippen LogP contribution in [0.4, 0.5) is 0 Å². The van der Waals surface area contributed by atoms with Crippen molar-refractivity contribution in [2.45, 2.75) is 20.3 Å². The summed E-state index contributed by atoms with van der Waals surface area (Å²) in [6.07, 6.45) is 6.15. The molecule has 3 nitrogen and oxygen atoms in total. The van der Waals surface area contributed by atoms with Crippen molar-refractivity contribution in [1.82, 2.24) is 10.6 Å². The van der Waals surface area contributed by atoms with Crippen LogP contribution < -0.4 is 10.6 Å². The Morgan fingerprint density at radius 1 is 1.39 bits per heavy atom. The number of hydrogen-bond acceptors (Lipinski definition) is 1. The van der Waals surface area contributed by atoms with Crippen LogP contribution in [0, 0.1) is 19.3 Å². The van der Waals surface area contributed by atoms with E-state index in [-0.39, 0.29) is 0 Å². The number of aliphatic imine (C=N–C) groups is 1. The van der Waals surface area contributed by atoms with E-state index in [0.717, 1.165) is 25.5 Å². The molecule has 0 aliphatic heterocycles. The molecule has 18 heavy (non-hydrogen) atoms. The first-order valence-corrected chi connectivity index (χ1v) is 6.27. The molecule has 2 N–H and O–H groups in total. The van der Waals surface area contributed by atoms with Crippen LogP contribution >= 0.6 is 0 Å². The predicted molar refractivity (Wildman–Crippen MR) is 77.7 cm³/mol. The molecule has 0 amide bonds. The summed E-state index contributed by atoms with van der Waals surface area (Å²) in [4.78, 5) is 4.47. The molecule has 3 heteroatoms. The van der Waals surface area contributed by atoms with E-state index in [1.54, 1.807) is 0 Å². The highest BCUT2D eigenvalue weighted by atomic mass is 15.2. The third-order valence-corrected chi connectivity index (χ3v) is 2.45. The minimum atomic E-state index is 0.496. The number of benzene rings is 1. The Balaban J connectivity index is 2.47. The highest BCUT2D eigenvalue weighted by Crippen LogP contribution is 2.04. The molecular formula is C15H21N3. The maximum atomic E-state index is 5.21. The van der Waals surface area contributed by atoms with Gasteiger partial charge in [0.1, 0.15) is 0 Å². The van der Waals surface area contributed by atoms with Gasteiger partial charge in [-0.15, -0.1) is 6.42 Å². The van der Waals surface area contributed by atoms with Crippen molar-refractivity contribution in [3.63, 3.8) is 0 Å². The van der Waals surface area contributed by atoms with Crippen LogP contribution in [0.3, 0.4) is 0 Å². The smallest absolute Gasteiger partial charge is 0.192 e. The summed E-state index contributed by atoms with van der Waals surface area (Å²) in [7, 11) is 0. The van der Waals surface area contributed by atoms with E-state index in [9.17, 15) is 0 Å². The van der Waals surface area contributed by atoms with E-state index >= 15 is 0 Å². The zero-order valence-electron chi connectivity index (χ0n) is 11.2. The summed E-state index contributed by atoms with van der Waals surface area (Å²) in [5.41, 5.74) is 2.60. The van der Waals surface area contributed by atoms with Crippen LogP contribution in [0.1, 0.15) is 18.1 Å². The molecule has 0 heterocycles. The molecule has 1 aromatic carbocycles. The molecular weight excluding hydrogens is 222 g/mol. The topological polar surface area (TPSA) is 36.4 Å². The first kappa shape index (κ1) is 14.1. The summed E-state index contributed by atoms with van der Waals surface area (Å²) >= 11 is 0. The van der Waals surface area contributed by atoms with E-state index in [0.29, 0.717) is 6.54 Å². The fourth-order valence-corrected chi connectivity index (χ4v) is 1.64. The quantitative estimate of drug-likeness (QED) is 0.469. The van der Waals surface area contributed by atoms with Gasteiger partial charge < -0.3 is 10.6 Å². The second-order valence-corrected chi connectivity index (χ2v) is 4.06. The van der Waals surface area contributed by atoms with Crippen molar-refractivity contribution in [3.05, 3.63) is 35.4 Å². The van der Waals surface area contributed by atoms with Crippen LogP contribution in [0.25, 0.3) is 0 Å². The number of nitrogens with zero attached hydrogens (tertiary/aromatic N) is 1. The molecule has 0 aromatic heterocycles.